The van der Waals surface area contributed by atoms with E-state index in [9.17, 15) is 4.79 Å². The highest BCUT2D eigenvalue weighted by atomic mass is 32.2. The number of nitrogen functional groups attached to an aromatic ring is 1. The summed E-state index contributed by atoms with van der Waals surface area (Å²) >= 11 is 2.93. The van der Waals surface area contributed by atoms with Gasteiger partial charge >= 0.3 is 5.97 Å². The van der Waals surface area contributed by atoms with Crippen LogP contribution in [0.4, 0.5) is 5.69 Å². The van der Waals surface area contributed by atoms with Crippen LogP contribution in [-0.4, -0.2) is 16.1 Å². The molecule has 16 heavy (non-hydrogen) atoms. The molecule has 2 aromatic heterocycles. The lowest BCUT2D eigenvalue weighted by molar-refractivity contribution is 0.0690. The highest BCUT2D eigenvalue weighted by Gasteiger charge is 2.10. The molecule has 0 bridgehead atoms. The Morgan fingerprint density at radius 2 is 2.25 bits per heavy atom. The zero-order valence-electron chi connectivity index (χ0n) is 8.08. The van der Waals surface area contributed by atoms with Crippen molar-refractivity contribution in [2.45, 2.75) is 9.24 Å². The lowest BCUT2D eigenvalue weighted by atomic mass is 10.3. The zero-order valence-corrected chi connectivity index (χ0v) is 9.72. The normalized spacial score (nSPS) is 10.2. The second-order valence-corrected chi connectivity index (χ2v) is 5.17. The minimum absolute atomic E-state index is 0.00764. The van der Waals surface area contributed by atoms with Gasteiger partial charge in [0.25, 0.3) is 0 Å². The first-order valence-corrected chi connectivity index (χ1v) is 6.07. The van der Waals surface area contributed by atoms with E-state index in [1.807, 2.05) is 17.5 Å². The van der Waals surface area contributed by atoms with Gasteiger partial charge in [-0.15, -0.1) is 11.3 Å². The Balaban J connectivity index is 2.32. The van der Waals surface area contributed by atoms with E-state index in [1.54, 1.807) is 17.4 Å². The van der Waals surface area contributed by atoms with Crippen LogP contribution in [0.25, 0.3) is 0 Å². The minimum Gasteiger partial charge on any atom is -0.477 e. The number of pyridine rings is 1. The van der Waals surface area contributed by atoms with Gasteiger partial charge in [-0.3, -0.25) is 0 Å². The second kappa shape index (κ2) is 4.54. The van der Waals surface area contributed by atoms with Crippen molar-refractivity contribution >= 4 is 34.8 Å². The number of aromatic nitrogens is 1. The number of hydrogen-bond donors (Lipinski definition) is 2. The van der Waals surface area contributed by atoms with Crippen LogP contribution in [0, 0.1) is 0 Å². The third kappa shape index (κ3) is 2.34. The largest absolute Gasteiger partial charge is 0.477 e. The summed E-state index contributed by atoms with van der Waals surface area (Å²) in [6.07, 6.45) is 0. The second-order valence-electron chi connectivity index (χ2n) is 2.93. The number of hydrogen-bond acceptors (Lipinski definition) is 5. The number of carboxylic acids is 1. The van der Waals surface area contributed by atoms with Gasteiger partial charge in [0.05, 0.1) is 9.90 Å². The van der Waals surface area contributed by atoms with Gasteiger partial charge in [-0.05, 0) is 23.6 Å². The van der Waals surface area contributed by atoms with Crippen LogP contribution in [0.1, 0.15) is 10.5 Å². The number of anilines is 1. The van der Waals surface area contributed by atoms with E-state index in [4.69, 9.17) is 10.8 Å². The summed E-state index contributed by atoms with van der Waals surface area (Å²) in [6, 6.07) is 6.82. The predicted molar refractivity (Wildman–Crippen MR) is 64.1 cm³/mol. The Morgan fingerprint density at radius 3 is 2.88 bits per heavy atom. The number of thiophene rings is 1. The number of nitrogens with two attached hydrogens (primary N) is 1. The lowest BCUT2D eigenvalue weighted by Gasteiger charge is -2.03. The van der Waals surface area contributed by atoms with E-state index in [1.165, 1.54) is 17.8 Å². The first kappa shape index (κ1) is 11.0. The molecule has 82 valence electrons. The van der Waals surface area contributed by atoms with Crippen molar-refractivity contribution < 1.29 is 9.90 Å². The van der Waals surface area contributed by atoms with Crippen molar-refractivity contribution in [1.29, 1.82) is 0 Å². The highest BCUT2D eigenvalue weighted by molar-refractivity contribution is 8.01. The summed E-state index contributed by atoms with van der Waals surface area (Å²) in [6.45, 7) is 0. The fourth-order valence-electron chi connectivity index (χ4n) is 1.07. The molecule has 0 fully saturated rings. The quantitative estimate of drug-likeness (QED) is 0.878. The molecule has 0 aliphatic carbocycles. The molecule has 0 aliphatic heterocycles. The molecule has 4 nitrogen and oxygen atoms in total. The fraction of sp³-hybridized carbons (Fsp3) is 0. The monoisotopic (exact) mass is 252 g/mol. The topological polar surface area (TPSA) is 76.2 Å². The number of rotatable bonds is 3. The summed E-state index contributed by atoms with van der Waals surface area (Å²) in [5, 5.41) is 11.3. The minimum atomic E-state index is -1.05. The maximum Gasteiger partial charge on any atom is 0.354 e. The summed E-state index contributed by atoms with van der Waals surface area (Å²) in [4.78, 5) is 14.7. The Labute approximate surface area is 100 Å². The molecule has 0 atom stereocenters. The molecule has 0 saturated heterocycles. The van der Waals surface area contributed by atoms with Crippen LogP contribution < -0.4 is 5.73 Å². The van der Waals surface area contributed by atoms with E-state index in [2.05, 4.69) is 4.98 Å². The fourth-order valence-corrected chi connectivity index (χ4v) is 2.78. The van der Waals surface area contributed by atoms with Gasteiger partial charge in [0.2, 0.25) is 0 Å². The molecule has 0 unspecified atom stereocenters. The molecule has 2 aromatic rings. The molecule has 6 heteroatoms. The summed E-state index contributed by atoms with van der Waals surface area (Å²) in [7, 11) is 0. The van der Waals surface area contributed by atoms with Gasteiger partial charge in [0.1, 0.15) is 10.7 Å². The van der Waals surface area contributed by atoms with E-state index in [-0.39, 0.29) is 5.69 Å². The van der Waals surface area contributed by atoms with Crippen LogP contribution >= 0.6 is 23.1 Å². The molecule has 0 amide bonds. The van der Waals surface area contributed by atoms with E-state index < -0.39 is 5.97 Å². The van der Waals surface area contributed by atoms with Crippen LogP contribution in [0.5, 0.6) is 0 Å². The molecular weight excluding hydrogens is 244 g/mol. The molecule has 0 aromatic carbocycles. The number of carboxylic acid groups (broad SMARTS) is 1. The molecule has 3 N–H and O–H groups in total. The molecule has 2 heterocycles. The SMILES string of the molecule is Nc1ccc(C(=O)O)nc1Sc1cccs1. The summed E-state index contributed by atoms with van der Waals surface area (Å²) in [5.41, 5.74) is 6.23. The summed E-state index contributed by atoms with van der Waals surface area (Å²) in [5.74, 6) is -1.05. The van der Waals surface area contributed by atoms with Crippen LogP contribution in [0.15, 0.2) is 38.9 Å². The molecule has 0 saturated carbocycles. The summed E-state index contributed by atoms with van der Waals surface area (Å²) < 4.78 is 1.03. The number of carbonyl (C=O) groups is 1. The Morgan fingerprint density at radius 1 is 1.44 bits per heavy atom. The van der Waals surface area contributed by atoms with Crippen molar-refractivity contribution in [2.24, 2.45) is 0 Å². The van der Waals surface area contributed by atoms with Gasteiger partial charge in [0, 0.05) is 0 Å². The lowest BCUT2D eigenvalue weighted by Crippen LogP contribution is -2.02. The molecule has 0 aliphatic rings. The van der Waals surface area contributed by atoms with E-state index in [0.717, 1.165) is 4.21 Å². The van der Waals surface area contributed by atoms with Crippen LogP contribution in [0.2, 0.25) is 0 Å². The Bertz CT molecular complexity index is 512. The average Bonchev–Trinajstić information content (AvgIpc) is 2.73. The van der Waals surface area contributed by atoms with Crippen molar-refractivity contribution in [2.75, 3.05) is 5.73 Å². The van der Waals surface area contributed by atoms with Crippen LogP contribution in [0.3, 0.4) is 0 Å². The van der Waals surface area contributed by atoms with Gasteiger partial charge in [-0.25, -0.2) is 9.78 Å². The van der Waals surface area contributed by atoms with Crippen molar-refractivity contribution in [3.05, 3.63) is 35.3 Å². The van der Waals surface area contributed by atoms with Gasteiger partial charge in [-0.2, -0.15) is 0 Å². The molecule has 0 spiro atoms. The molecule has 0 radical (unpaired) electrons. The smallest absolute Gasteiger partial charge is 0.354 e. The predicted octanol–water partition coefficient (Wildman–Crippen LogP) is 2.57. The number of aromatic carboxylic acids is 1. The van der Waals surface area contributed by atoms with E-state index >= 15 is 0 Å². The average molecular weight is 252 g/mol. The first-order valence-electron chi connectivity index (χ1n) is 4.38. The standard InChI is InChI=1S/C10H8N2O2S2/c11-6-3-4-7(10(13)14)12-9(6)16-8-2-1-5-15-8/h1-5H,11H2,(H,13,14). The van der Waals surface area contributed by atoms with Gasteiger partial charge in [0.15, 0.2) is 0 Å². The van der Waals surface area contributed by atoms with Crippen molar-refractivity contribution in [3.63, 3.8) is 0 Å². The Kier molecular flexibility index (Phi) is 3.12. The maximum atomic E-state index is 10.8. The third-order valence-electron chi connectivity index (χ3n) is 1.80. The zero-order chi connectivity index (χ0) is 11.5. The molecule has 2 rings (SSSR count). The third-order valence-corrected chi connectivity index (χ3v) is 3.86. The molecular formula is C10H8N2O2S2. The van der Waals surface area contributed by atoms with Crippen molar-refractivity contribution in [3.8, 4) is 0 Å². The van der Waals surface area contributed by atoms with Crippen LogP contribution in [-0.2, 0) is 0 Å². The van der Waals surface area contributed by atoms with Crippen molar-refractivity contribution in [1.82, 2.24) is 4.98 Å². The Hall–Kier alpha value is -1.53. The first-order chi connectivity index (χ1) is 7.66. The van der Waals surface area contributed by atoms with Gasteiger partial charge < -0.3 is 10.8 Å². The highest BCUT2D eigenvalue weighted by Crippen LogP contribution is 2.33. The number of nitrogens with zero attached hydrogens (tertiary/aromatic N) is 1. The maximum absolute atomic E-state index is 10.8. The van der Waals surface area contributed by atoms with E-state index in [0.29, 0.717) is 10.7 Å². The van der Waals surface area contributed by atoms with Gasteiger partial charge in [-0.1, -0.05) is 17.8 Å².